The van der Waals surface area contributed by atoms with Gasteiger partial charge in [-0.3, -0.25) is 4.79 Å². The van der Waals surface area contributed by atoms with E-state index in [4.69, 9.17) is 4.74 Å². The minimum absolute atomic E-state index is 0. The first-order chi connectivity index (χ1) is 17.5. The van der Waals surface area contributed by atoms with Crippen LogP contribution >= 0.6 is 11.8 Å². The Balaban J connectivity index is 0. The third kappa shape index (κ3) is 17.1. The Morgan fingerprint density at radius 3 is 1.97 bits per heavy atom. The van der Waals surface area contributed by atoms with E-state index >= 15 is 0 Å². The Bertz CT molecular complexity index is 705. The minimum Gasteiger partial charge on any atom is -0.542 e. The van der Waals surface area contributed by atoms with Crippen molar-refractivity contribution in [2.24, 2.45) is 5.92 Å². The van der Waals surface area contributed by atoms with Gasteiger partial charge in [0.2, 0.25) is 5.91 Å². The van der Waals surface area contributed by atoms with Gasteiger partial charge in [-0.15, -0.1) is 11.8 Å². The van der Waals surface area contributed by atoms with Crippen LogP contribution in [-0.2, 0) is 19.1 Å². The normalized spacial score (nSPS) is 15.5. The van der Waals surface area contributed by atoms with Gasteiger partial charge in [0, 0.05) is 16.9 Å². The molecule has 1 amide bonds. The second-order valence-corrected chi connectivity index (χ2v) is 12.2. The Hall–Kier alpha value is -0.700. The van der Waals surface area contributed by atoms with E-state index in [1.807, 2.05) is 13.8 Å². The fourth-order valence-electron chi connectivity index (χ4n) is 4.55. The average molecular weight is 566 g/mol. The van der Waals surface area contributed by atoms with Gasteiger partial charge in [0.25, 0.3) is 0 Å². The molecule has 0 aromatic rings. The fraction of sp³-hybridized carbons (Fsp3) is 0.828. The van der Waals surface area contributed by atoms with E-state index in [1.54, 1.807) is 11.8 Å². The average Bonchev–Trinajstić information content (AvgIpc) is 2.86. The number of carbonyl (C=O) groups excluding carboxylic acids is 3. The molecule has 0 saturated carbocycles. The van der Waals surface area contributed by atoms with Crippen molar-refractivity contribution in [3.63, 3.8) is 0 Å². The van der Waals surface area contributed by atoms with Crippen LogP contribution < -0.4 is 40.0 Å². The molecule has 0 aliphatic carbocycles. The minimum atomic E-state index is -1.59. The zero-order valence-corrected chi connectivity index (χ0v) is 27.9. The third-order valence-electron chi connectivity index (χ3n) is 7.16. The van der Waals surface area contributed by atoms with E-state index in [2.05, 4.69) is 19.2 Å². The van der Waals surface area contributed by atoms with Gasteiger partial charge >= 0.3 is 35.5 Å². The molecule has 9 heteroatoms. The van der Waals surface area contributed by atoms with Gasteiger partial charge in [-0.1, -0.05) is 85.0 Å². The monoisotopic (exact) mass is 565 g/mol. The molecule has 0 aliphatic rings. The van der Waals surface area contributed by atoms with Crippen molar-refractivity contribution in [3.05, 3.63) is 11.8 Å². The molecule has 216 valence electrons. The molecule has 0 bridgehead atoms. The molecule has 0 radical (unpaired) electrons. The number of thioether (sulfide) groups is 1. The van der Waals surface area contributed by atoms with E-state index in [0.29, 0.717) is 25.2 Å². The number of hydrogen-bond acceptors (Lipinski definition) is 7. The van der Waals surface area contributed by atoms with Gasteiger partial charge in [0.15, 0.2) is 0 Å². The summed E-state index contributed by atoms with van der Waals surface area (Å²) >= 11 is 1.65. The number of carboxylic acids is 1. The van der Waals surface area contributed by atoms with Crippen LogP contribution in [0.3, 0.4) is 0 Å². The van der Waals surface area contributed by atoms with Crippen LogP contribution in [0.25, 0.3) is 0 Å². The second-order valence-electron chi connectivity index (χ2n) is 10.4. The molecule has 0 aromatic heterocycles. The number of methoxy groups -OCH3 is 1. The summed E-state index contributed by atoms with van der Waals surface area (Å²) in [4.78, 5) is 35.3. The summed E-state index contributed by atoms with van der Waals surface area (Å²) in [5, 5.41) is 23.3. The van der Waals surface area contributed by atoms with Gasteiger partial charge in [-0.25, -0.2) is 4.79 Å². The SMILES string of the molecule is CCCCCCCCCCCC[C@@H](C)[C@H](CC/C=C(\O)C(=O)[O-])SC(C)(CC)C(NC(C)=O)C(=O)OC.[Na+]. The maximum atomic E-state index is 12.6. The van der Waals surface area contributed by atoms with Crippen molar-refractivity contribution in [3.8, 4) is 0 Å². The van der Waals surface area contributed by atoms with Crippen LogP contribution in [0.4, 0.5) is 0 Å². The number of carboxylic acid groups (broad SMARTS) is 1. The first-order valence-corrected chi connectivity index (χ1v) is 15.0. The number of aliphatic hydroxyl groups is 1. The fourth-order valence-corrected chi connectivity index (χ4v) is 6.32. The molecule has 2 unspecified atom stereocenters. The quantitative estimate of drug-likeness (QED) is 0.0682. The number of hydrogen-bond donors (Lipinski definition) is 2. The van der Waals surface area contributed by atoms with Crippen LogP contribution in [0.5, 0.6) is 0 Å². The third-order valence-corrected chi connectivity index (χ3v) is 9.23. The summed E-state index contributed by atoms with van der Waals surface area (Å²) in [6.07, 6.45) is 16.7. The number of ether oxygens (including phenoxy) is 1. The number of rotatable bonds is 22. The van der Waals surface area contributed by atoms with Gasteiger partial charge in [0.1, 0.15) is 17.8 Å². The summed E-state index contributed by atoms with van der Waals surface area (Å²) in [6.45, 7) is 9.76. The van der Waals surface area contributed by atoms with Crippen molar-refractivity contribution in [2.75, 3.05) is 7.11 Å². The first kappa shape index (κ1) is 39.4. The smallest absolute Gasteiger partial charge is 0.542 e. The summed E-state index contributed by atoms with van der Waals surface area (Å²) < 4.78 is 4.38. The Kier molecular flexibility index (Phi) is 23.9. The van der Waals surface area contributed by atoms with Crippen molar-refractivity contribution in [1.82, 2.24) is 5.32 Å². The Labute approximate surface area is 258 Å². The summed E-state index contributed by atoms with van der Waals surface area (Å²) in [7, 11) is 1.32. The summed E-state index contributed by atoms with van der Waals surface area (Å²) in [5.41, 5.74) is 0. The van der Waals surface area contributed by atoms with E-state index in [0.717, 1.165) is 12.8 Å². The number of aliphatic hydroxyl groups excluding tert-OH is 1. The first-order valence-electron chi connectivity index (χ1n) is 14.2. The maximum absolute atomic E-state index is 12.6. The molecular formula is C29H52NNaO6S. The largest absolute Gasteiger partial charge is 1.00 e. The molecule has 0 fully saturated rings. The summed E-state index contributed by atoms with van der Waals surface area (Å²) in [6, 6.07) is -0.802. The predicted molar refractivity (Wildman–Crippen MR) is 150 cm³/mol. The molecule has 38 heavy (non-hydrogen) atoms. The Morgan fingerprint density at radius 1 is 1.00 bits per heavy atom. The van der Waals surface area contributed by atoms with Gasteiger partial charge in [0.05, 0.1) is 7.11 Å². The van der Waals surface area contributed by atoms with Crippen LogP contribution in [0, 0.1) is 5.92 Å². The maximum Gasteiger partial charge on any atom is 1.00 e. The molecule has 7 nitrogen and oxygen atoms in total. The number of carbonyl (C=O) groups is 3. The molecule has 0 heterocycles. The number of aliphatic carboxylic acids is 1. The van der Waals surface area contributed by atoms with Crippen LogP contribution in [0.1, 0.15) is 125 Å². The number of nitrogens with one attached hydrogen (secondary N) is 1. The zero-order chi connectivity index (χ0) is 28.3. The van der Waals surface area contributed by atoms with Crippen LogP contribution in [0.15, 0.2) is 11.8 Å². The van der Waals surface area contributed by atoms with Crippen molar-refractivity contribution < 1.29 is 58.9 Å². The van der Waals surface area contributed by atoms with E-state index in [9.17, 15) is 24.6 Å². The van der Waals surface area contributed by atoms with Crippen molar-refractivity contribution in [1.29, 1.82) is 0 Å². The number of amides is 1. The van der Waals surface area contributed by atoms with E-state index < -0.39 is 28.5 Å². The predicted octanol–water partition coefficient (Wildman–Crippen LogP) is 2.86. The van der Waals surface area contributed by atoms with Crippen molar-refractivity contribution in [2.45, 2.75) is 141 Å². The molecule has 0 aliphatic heterocycles. The summed E-state index contributed by atoms with van der Waals surface area (Å²) in [5.74, 6) is -2.82. The van der Waals surface area contributed by atoms with Crippen molar-refractivity contribution >= 4 is 29.6 Å². The van der Waals surface area contributed by atoms with Crippen LogP contribution in [0.2, 0.25) is 0 Å². The standard InChI is InChI=1S/C29H53NO6S.Na/c1-7-9-10-11-12-13-14-15-16-17-19-22(3)25(21-18-20-24(32)27(33)34)37-29(5,8-2)26(28(35)36-6)30-23(4)31;/h20,22,25-26,32H,7-19,21H2,1-6H3,(H,30,31)(H,33,34);/q;+1/p-1/b24-20-;/t22-,25+,26?,29?;/m1./s1. The molecule has 2 N–H and O–H groups in total. The second kappa shape index (κ2) is 23.0. The Morgan fingerprint density at radius 2 is 1.53 bits per heavy atom. The molecule has 0 aromatic carbocycles. The molecule has 4 atom stereocenters. The zero-order valence-electron chi connectivity index (χ0n) is 25.1. The molecule has 0 spiro atoms. The van der Waals surface area contributed by atoms with Crippen LogP contribution in [-0.4, -0.2) is 46.1 Å². The van der Waals surface area contributed by atoms with Gasteiger partial charge < -0.3 is 25.1 Å². The topological polar surface area (TPSA) is 116 Å². The molecular weight excluding hydrogens is 513 g/mol. The van der Waals surface area contributed by atoms with Gasteiger partial charge in [-0.2, -0.15) is 0 Å². The number of unbranched alkanes of at least 4 members (excludes halogenated alkanes) is 9. The van der Waals surface area contributed by atoms with Gasteiger partial charge in [-0.05, 0) is 44.6 Å². The van der Waals surface area contributed by atoms with E-state index in [1.165, 1.54) is 77.9 Å². The number of allylic oxidation sites excluding steroid dienone is 1. The number of esters is 1. The molecule has 0 saturated heterocycles. The van der Waals surface area contributed by atoms with E-state index in [-0.39, 0.29) is 40.7 Å². The molecule has 0 rings (SSSR count).